The van der Waals surface area contributed by atoms with Crippen LogP contribution in [-0.2, 0) is 18.8 Å². The fraction of sp³-hybridized carbons (Fsp3) is 0.750. The van der Waals surface area contributed by atoms with Crippen LogP contribution >= 0.6 is 0 Å². The molecule has 0 spiro atoms. The maximum atomic E-state index is 11.9. The van der Waals surface area contributed by atoms with Crippen molar-refractivity contribution in [2.45, 2.75) is 70.7 Å². The smallest absolute Gasteiger partial charge is 0.305 e. The molecule has 0 aliphatic heterocycles. The maximum Gasteiger partial charge on any atom is 0.305 e. The third-order valence-electron chi connectivity index (χ3n) is 3.44. The normalized spacial score (nSPS) is 18.8. The summed E-state index contributed by atoms with van der Waals surface area (Å²) in [6.07, 6.45) is 7.77. The Morgan fingerprint density at radius 2 is 1.90 bits per heavy atom. The highest BCUT2D eigenvalue weighted by Gasteiger charge is 2.28. The van der Waals surface area contributed by atoms with Gasteiger partial charge in [0.25, 0.3) is 0 Å². The summed E-state index contributed by atoms with van der Waals surface area (Å²) in [5, 5.41) is 0. The molecule has 1 atom stereocenters. The Kier molecular flexibility index (Phi) is 7.32. The Balaban J connectivity index is 2.21. The first-order chi connectivity index (χ1) is 9.81. The van der Waals surface area contributed by atoms with Crippen LogP contribution in [0.5, 0.6) is 0 Å². The second kappa shape index (κ2) is 8.49. The molecule has 1 rings (SSSR count). The van der Waals surface area contributed by atoms with Gasteiger partial charge in [-0.3, -0.25) is 9.59 Å². The Morgan fingerprint density at radius 1 is 1.24 bits per heavy atom. The molecule has 0 bridgehead atoms. The largest absolute Gasteiger partial charge is 0.469 e. The van der Waals surface area contributed by atoms with E-state index in [1.807, 2.05) is 6.08 Å². The van der Waals surface area contributed by atoms with Crippen molar-refractivity contribution in [2.24, 2.45) is 0 Å². The van der Waals surface area contributed by atoms with Gasteiger partial charge in [0, 0.05) is 12.8 Å². The van der Waals surface area contributed by atoms with Gasteiger partial charge in [-0.15, -0.1) is 0 Å². The van der Waals surface area contributed by atoms with Crippen LogP contribution in [0.1, 0.15) is 44.9 Å². The lowest BCUT2D eigenvalue weighted by Crippen LogP contribution is -2.30. The summed E-state index contributed by atoms with van der Waals surface area (Å²) >= 11 is 0. The summed E-state index contributed by atoms with van der Waals surface area (Å²) < 4.78 is 10.6. The van der Waals surface area contributed by atoms with Gasteiger partial charge in [0.2, 0.25) is 0 Å². The average molecular weight is 312 g/mol. The van der Waals surface area contributed by atoms with Gasteiger partial charge >= 0.3 is 5.97 Å². The third kappa shape index (κ3) is 7.57. The Labute approximate surface area is 129 Å². The van der Waals surface area contributed by atoms with Crippen LogP contribution in [0.4, 0.5) is 0 Å². The first-order valence-electron chi connectivity index (χ1n) is 7.80. The first kappa shape index (κ1) is 18.1. The summed E-state index contributed by atoms with van der Waals surface area (Å²) in [5.41, 5.74) is 0.936. The number of ether oxygens (including phenoxy) is 1. The van der Waals surface area contributed by atoms with E-state index in [4.69, 9.17) is 4.43 Å². The minimum atomic E-state index is -1.59. The molecule has 0 aromatic heterocycles. The summed E-state index contributed by atoms with van der Waals surface area (Å²) in [7, 11) is -0.169. The van der Waals surface area contributed by atoms with E-state index in [0.29, 0.717) is 12.8 Å². The van der Waals surface area contributed by atoms with Gasteiger partial charge in [0.1, 0.15) is 0 Å². The average Bonchev–Trinajstić information content (AvgIpc) is 2.71. The molecule has 5 heteroatoms. The summed E-state index contributed by atoms with van der Waals surface area (Å²) in [4.78, 5) is 22.9. The fourth-order valence-electron chi connectivity index (χ4n) is 2.48. The molecule has 1 aliphatic carbocycles. The van der Waals surface area contributed by atoms with E-state index >= 15 is 0 Å². The van der Waals surface area contributed by atoms with Crippen molar-refractivity contribution in [3.63, 3.8) is 0 Å². The summed E-state index contributed by atoms with van der Waals surface area (Å²) in [6.45, 7) is 6.43. The molecule has 0 saturated carbocycles. The number of hydrogen-bond acceptors (Lipinski definition) is 4. The molecule has 0 N–H and O–H groups in total. The quantitative estimate of drug-likeness (QED) is 0.371. The van der Waals surface area contributed by atoms with Crippen LogP contribution < -0.4 is 0 Å². The number of ketones is 1. The zero-order chi connectivity index (χ0) is 15.9. The van der Waals surface area contributed by atoms with Crippen molar-refractivity contribution in [2.75, 3.05) is 7.11 Å². The number of esters is 1. The molecule has 21 heavy (non-hydrogen) atoms. The molecule has 0 radical (unpaired) electrons. The minimum absolute atomic E-state index is 0.00140. The molecular formula is C16H28O4Si. The SMILES string of the molecule is COC(=O)CCCCCCC1=C[C@H](O[Si](C)(C)C)CC1=O. The fourth-order valence-corrected chi connectivity index (χ4v) is 3.54. The number of hydrogen-bond donors (Lipinski definition) is 0. The molecule has 0 aromatic rings. The van der Waals surface area contributed by atoms with E-state index in [1.165, 1.54) is 7.11 Å². The third-order valence-corrected chi connectivity index (χ3v) is 4.45. The van der Waals surface area contributed by atoms with Crippen molar-refractivity contribution in [3.05, 3.63) is 11.6 Å². The molecule has 120 valence electrons. The van der Waals surface area contributed by atoms with Gasteiger partial charge in [-0.1, -0.05) is 12.8 Å². The minimum Gasteiger partial charge on any atom is -0.469 e. The molecule has 0 unspecified atom stereocenters. The summed E-state index contributed by atoms with van der Waals surface area (Å²) in [6, 6.07) is 0. The Bertz CT molecular complexity index is 396. The Hall–Kier alpha value is -0.943. The maximum absolute atomic E-state index is 11.9. The van der Waals surface area contributed by atoms with Crippen LogP contribution in [0.15, 0.2) is 11.6 Å². The molecule has 0 fully saturated rings. The summed E-state index contributed by atoms with van der Waals surface area (Å²) in [5.74, 6) is 0.0998. The van der Waals surface area contributed by atoms with E-state index in [1.54, 1.807) is 0 Å². The number of unbranched alkanes of at least 4 members (excludes halogenated alkanes) is 3. The second-order valence-electron chi connectivity index (χ2n) is 6.58. The molecule has 4 nitrogen and oxygen atoms in total. The predicted molar refractivity (Wildman–Crippen MR) is 85.6 cm³/mol. The van der Waals surface area contributed by atoms with Crippen LogP contribution in [0.2, 0.25) is 19.6 Å². The highest BCUT2D eigenvalue weighted by Crippen LogP contribution is 2.25. The number of allylic oxidation sites excluding steroid dienone is 1. The number of Topliss-reactive ketones (excluding diaryl/α,β-unsaturated/α-hetero) is 1. The van der Waals surface area contributed by atoms with Gasteiger partial charge in [-0.05, 0) is 50.6 Å². The lowest BCUT2D eigenvalue weighted by Gasteiger charge is -2.21. The van der Waals surface area contributed by atoms with Crippen molar-refractivity contribution in [3.8, 4) is 0 Å². The van der Waals surface area contributed by atoms with Crippen LogP contribution in [0.25, 0.3) is 0 Å². The zero-order valence-electron chi connectivity index (χ0n) is 13.7. The van der Waals surface area contributed by atoms with Crippen LogP contribution in [0, 0.1) is 0 Å². The van der Waals surface area contributed by atoms with E-state index < -0.39 is 8.32 Å². The van der Waals surface area contributed by atoms with Gasteiger partial charge in [0.05, 0.1) is 13.2 Å². The molecular weight excluding hydrogens is 284 g/mol. The van der Waals surface area contributed by atoms with Crippen molar-refractivity contribution in [1.82, 2.24) is 0 Å². The predicted octanol–water partition coefficient (Wildman–Crippen LogP) is 3.62. The van der Waals surface area contributed by atoms with Crippen LogP contribution in [-0.4, -0.2) is 33.3 Å². The number of methoxy groups -OCH3 is 1. The van der Waals surface area contributed by atoms with E-state index in [-0.39, 0.29) is 17.9 Å². The lowest BCUT2D eigenvalue weighted by molar-refractivity contribution is -0.140. The monoisotopic (exact) mass is 312 g/mol. The van der Waals surface area contributed by atoms with Crippen molar-refractivity contribution in [1.29, 1.82) is 0 Å². The lowest BCUT2D eigenvalue weighted by atomic mass is 10.0. The molecule has 0 amide bonds. The van der Waals surface area contributed by atoms with E-state index in [2.05, 4.69) is 24.4 Å². The first-order valence-corrected chi connectivity index (χ1v) is 11.2. The van der Waals surface area contributed by atoms with Gasteiger partial charge in [0.15, 0.2) is 14.1 Å². The van der Waals surface area contributed by atoms with E-state index in [0.717, 1.165) is 37.7 Å². The van der Waals surface area contributed by atoms with E-state index in [9.17, 15) is 9.59 Å². The number of carbonyl (C=O) groups excluding carboxylic acids is 2. The zero-order valence-corrected chi connectivity index (χ0v) is 14.7. The molecule has 0 heterocycles. The highest BCUT2D eigenvalue weighted by atomic mass is 28.4. The number of rotatable bonds is 9. The molecule has 0 aromatic carbocycles. The molecule has 0 saturated heterocycles. The highest BCUT2D eigenvalue weighted by molar-refractivity contribution is 6.69. The topological polar surface area (TPSA) is 52.6 Å². The molecule has 1 aliphatic rings. The standard InChI is InChI=1S/C16H28O4Si/c1-19-16(18)10-8-6-5-7-9-13-11-14(12-15(13)17)20-21(2,3)4/h11,14H,5-10,12H2,1-4H3/t14-/m0/s1. The Morgan fingerprint density at radius 3 is 2.52 bits per heavy atom. The van der Waals surface area contributed by atoms with Gasteiger partial charge in [-0.25, -0.2) is 0 Å². The van der Waals surface area contributed by atoms with Crippen LogP contribution in [0.3, 0.4) is 0 Å². The van der Waals surface area contributed by atoms with Gasteiger partial charge < -0.3 is 9.16 Å². The van der Waals surface area contributed by atoms with Gasteiger partial charge in [-0.2, -0.15) is 0 Å². The number of carbonyl (C=O) groups is 2. The van der Waals surface area contributed by atoms with Crippen molar-refractivity contribution >= 4 is 20.1 Å². The van der Waals surface area contributed by atoms with Crippen molar-refractivity contribution < 1.29 is 18.8 Å². The second-order valence-corrected chi connectivity index (χ2v) is 11.0.